The Bertz CT molecular complexity index is 1040. The number of carbonyl (C=O) groups is 1. The minimum absolute atomic E-state index is 0.0652. The highest BCUT2D eigenvalue weighted by molar-refractivity contribution is 7.88. The van der Waals surface area contributed by atoms with Crippen molar-refractivity contribution in [3.63, 3.8) is 0 Å². The molecule has 0 radical (unpaired) electrons. The van der Waals surface area contributed by atoms with Crippen LogP contribution in [-0.2, 0) is 35.3 Å². The van der Waals surface area contributed by atoms with Crippen LogP contribution in [0.1, 0.15) is 32.6 Å². The SMILES string of the molecule is O=C(O)c1cccc2c1OB(O)C(NS(=O)(=O)Cc1ccc3c(c1)CNC3)C2. The van der Waals surface area contributed by atoms with Crippen LogP contribution in [0.4, 0.5) is 0 Å². The molecule has 1 unspecified atom stereocenters. The Hall–Kier alpha value is -2.40. The number of carboxylic acid groups (broad SMARTS) is 1. The molecule has 2 aromatic rings. The molecule has 2 aliphatic heterocycles. The molecule has 4 rings (SSSR count). The van der Waals surface area contributed by atoms with Gasteiger partial charge in [-0.1, -0.05) is 30.3 Å². The number of rotatable bonds is 5. The Balaban J connectivity index is 1.50. The number of sulfonamides is 1. The number of hydrogen-bond acceptors (Lipinski definition) is 6. The number of nitrogens with one attached hydrogen (secondary N) is 2. The van der Waals surface area contributed by atoms with E-state index in [1.165, 1.54) is 6.07 Å². The molecule has 28 heavy (non-hydrogen) atoms. The number of carboxylic acids is 1. The van der Waals surface area contributed by atoms with Gasteiger partial charge >= 0.3 is 13.1 Å². The van der Waals surface area contributed by atoms with Gasteiger partial charge in [0.1, 0.15) is 5.75 Å². The zero-order valence-electron chi connectivity index (χ0n) is 14.9. The van der Waals surface area contributed by atoms with Crippen LogP contribution >= 0.6 is 0 Å². The third kappa shape index (κ3) is 3.76. The van der Waals surface area contributed by atoms with Gasteiger partial charge in [-0.05, 0) is 34.7 Å². The van der Waals surface area contributed by atoms with Crippen molar-refractivity contribution in [1.29, 1.82) is 0 Å². The predicted octanol–water partition coefficient (Wildman–Crippen LogP) is 0.431. The molecule has 8 nitrogen and oxygen atoms in total. The van der Waals surface area contributed by atoms with E-state index in [2.05, 4.69) is 10.0 Å². The standard InChI is InChI=1S/C18H19BN2O6S/c22-18(23)15-3-1-2-12-7-16(19(24)27-17(12)15)21-28(25,26)10-11-4-5-13-8-20-9-14(13)6-11/h1-6,16,20-21,24H,7-10H2,(H,22,23). The summed E-state index contributed by atoms with van der Waals surface area (Å²) in [6.45, 7) is 1.50. The largest absolute Gasteiger partial charge is 0.542 e. The van der Waals surface area contributed by atoms with Gasteiger partial charge in [-0.3, -0.25) is 0 Å². The second kappa shape index (κ2) is 7.21. The van der Waals surface area contributed by atoms with Gasteiger partial charge in [-0.2, -0.15) is 0 Å². The first-order chi connectivity index (χ1) is 13.3. The highest BCUT2D eigenvalue weighted by atomic mass is 32.2. The van der Waals surface area contributed by atoms with Crippen molar-refractivity contribution in [2.24, 2.45) is 0 Å². The first-order valence-electron chi connectivity index (χ1n) is 8.84. The topological polar surface area (TPSA) is 125 Å². The lowest BCUT2D eigenvalue weighted by Crippen LogP contribution is -2.53. The summed E-state index contributed by atoms with van der Waals surface area (Å²) >= 11 is 0. The monoisotopic (exact) mass is 402 g/mol. The van der Waals surface area contributed by atoms with E-state index in [-0.39, 0.29) is 23.5 Å². The Labute approximate surface area is 162 Å². The maximum atomic E-state index is 12.6. The predicted molar refractivity (Wildman–Crippen MR) is 102 cm³/mol. The summed E-state index contributed by atoms with van der Waals surface area (Å²) in [5.74, 6) is -2.22. The van der Waals surface area contributed by atoms with E-state index in [9.17, 15) is 23.3 Å². The second-order valence-corrected chi connectivity index (χ2v) is 8.76. The fourth-order valence-electron chi connectivity index (χ4n) is 3.62. The van der Waals surface area contributed by atoms with Crippen LogP contribution in [0.5, 0.6) is 5.75 Å². The highest BCUT2D eigenvalue weighted by Gasteiger charge is 2.39. The van der Waals surface area contributed by atoms with E-state index < -0.39 is 29.1 Å². The summed E-state index contributed by atoms with van der Waals surface area (Å²) in [5.41, 5.74) is 3.38. The van der Waals surface area contributed by atoms with E-state index in [4.69, 9.17) is 4.65 Å². The van der Waals surface area contributed by atoms with Gasteiger partial charge in [0.15, 0.2) is 0 Å². The number of aromatic carboxylic acids is 1. The summed E-state index contributed by atoms with van der Waals surface area (Å²) in [4.78, 5) is 11.3. The summed E-state index contributed by atoms with van der Waals surface area (Å²) in [6.07, 6.45) is 0.130. The Morgan fingerprint density at radius 2 is 2.00 bits per heavy atom. The number of hydrogen-bond donors (Lipinski definition) is 4. The fourth-order valence-corrected chi connectivity index (χ4v) is 4.99. The van der Waals surface area contributed by atoms with Gasteiger partial charge in [0, 0.05) is 13.1 Å². The van der Waals surface area contributed by atoms with Gasteiger partial charge in [0.2, 0.25) is 10.0 Å². The molecule has 0 bridgehead atoms. The fraction of sp³-hybridized carbons (Fsp3) is 0.278. The van der Waals surface area contributed by atoms with Gasteiger partial charge in [0.25, 0.3) is 0 Å². The van der Waals surface area contributed by atoms with Crippen molar-refractivity contribution in [3.8, 4) is 5.75 Å². The highest BCUT2D eigenvalue weighted by Crippen LogP contribution is 2.30. The van der Waals surface area contributed by atoms with Gasteiger partial charge in [0.05, 0.1) is 17.3 Å². The second-order valence-electron chi connectivity index (χ2n) is 7.00. The zero-order chi connectivity index (χ0) is 19.9. The molecule has 0 saturated heterocycles. The van der Waals surface area contributed by atoms with Crippen LogP contribution in [0.15, 0.2) is 36.4 Å². The van der Waals surface area contributed by atoms with Crippen molar-refractivity contribution in [1.82, 2.24) is 10.0 Å². The summed E-state index contributed by atoms with van der Waals surface area (Å²) in [5, 5.41) is 22.7. The van der Waals surface area contributed by atoms with E-state index in [0.717, 1.165) is 17.7 Å². The quantitative estimate of drug-likeness (QED) is 0.535. The molecule has 2 aromatic carbocycles. The van der Waals surface area contributed by atoms with Crippen LogP contribution in [0, 0.1) is 0 Å². The third-order valence-electron chi connectivity index (χ3n) is 4.94. The van der Waals surface area contributed by atoms with E-state index in [1.807, 2.05) is 12.1 Å². The van der Waals surface area contributed by atoms with E-state index in [0.29, 0.717) is 17.7 Å². The number of benzene rings is 2. The summed E-state index contributed by atoms with van der Waals surface area (Å²) in [7, 11) is -5.22. The van der Waals surface area contributed by atoms with Crippen molar-refractivity contribution in [2.45, 2.75) is 31.2 Å². The maximum Gasteiger partial charge on any atom is 0.542 e. The molecular weight excluding hydrogens is 383 g/mol. The van der Waals surface area contributed by atoms with Crippen molar-refractivity contribution < 1.29 is 28.0 Å². The molecule has 1 atom stereocenters. The van der Waals surface area contributed by atoms with Crippen LogP contribution in [0.3, 0.4) is 0 Å². The van der Waals surface area contributed by atoms with Crippen LogP contribution in [0.2, 0.25) is 0 Å². The normalized spacial score (nSPS) is 18.3. The molecule has 0 spiro atoms. The van der Waals surface area contributed by atoms with Gasteiger partial charge < -0.3 is 20.1 Å². The molecule has 10 heteroatoms. The molecule has 0 aromatic heterocycles. The first-order valence-corrected chi connectivity index (χ1v) is 10.5. The van der Waals surface area contributed by atoms with E-state index >= 15 is 0 Å². The molecule has 2 heterocycles. The minimum Gasteiger partial charge on any atom is -0.534 e. The molecule has 0 saturated carbocycles. The summed E-state index contributed by atoms with van der Waals surface area (Å²) in [6, 6.07) is 10.2. The molecule has 0 fully saturated rings. The van der Waals surface area contributed by atoms with Crippen LogP contribution in [0.25, 0.3) is 0 Å². The number of fused-ring (bicyclic) bond motifs is 2. The van der Waals surface area contributed by atoms with Crippen molar-refractivity contribution >= 4 is 23.1 Å². The van der Waals surface area contributed by atoms with Gasteiger partial charge in [-0.25, -0.2) is 17.9 Å². The zero-order valence-corrected chi connectivity index (χ0v) is 15.7. The average Bonchev–Trinajstić information content (AvgIpc) is 3.09. The van der Waals surface area contributed by atoms with Gasteiger partial charge in [-0.15, -0.1) is 0 Å². The minimum atomic E-state index is -3.74. The molecule has 2 aliphatic rings. The van der Waals surface area contributed by atoms with Crippen molar-refractivity contribution in [2.75, 3.05) is 0 Å². The lowest BCUT2D eigenvalue weighted by Gasteiger charge is -2.28. The molecule has 146 valence electrons. The smallest absolute Gasteiger partial charge is 0.534 e. The lowest BCUT2D eigenvalue weighted by atomic mass is 9.73. The Morgan fingerprint density at radius 1 is 1.21 bits per heavy atom. The molecule has 0 amide bonds. The molecule has 0 aliphatic carbocycles. The lowest BCUT2D eigenvalue weighted by molar-refractivity contribution is 0.0694. The van der Waals surface area contributed by atoms with Crippen LogP contribution in [-0.4, -0.2) is 37.6 Å². The number of para-hydroxylation sites is 1. The molecular formula is C18H19BN2O6S. The Morgan fingerprint density at radius 3 is 2.79 bits per heavy atom. The van der Waals surface area contributed by atoms with Crippen LogP contribution < -0.4 is 14.7 Å². The third-order valence-corrected chi connectivity index (χ3v) is 6.31. The molecule has 4 N–H and O–H groups in total. The summed E-state index contributed by atoms with van der Waals surface area (Å²) < 4.78 is 33.0. The van der Waals surface area contributed by atoms with E-state index in [1.54, 1.807) is 18.2 Å². The maximum absolute atomic E-state index is 12.6. The van der Waals surface area contributed by atoms with Crippen molar-refractivity contribution in [3.05, 3.63) is 64.2 Å². The Kier molecular flexibility index (Phi) is 4.88. The first kappa shape index (κ1) is 18.9. The average molecular weight is 402 g/mol.